The summed E-state index contributed by atoms with van der Waals surface area (Å²) in [4.78, 5) is 19.3. The Bertz CT molecular complexity index is 701. The number of carbonyl (C=O) groups excluding carboxylic acids is 1. The summed E-state index contributed by atoms with van der Waals surface area (Å²) in [6, 6.07) is 6.12. The number of hydrazone groups is 1. The molecule has 3 rings (SSSR count). The molecule has 0 spiro atoms. The first kappa shape index (κ1) is 13.8. The van der Waals surface area contributed by atoms with E-state index in [0.717, 1.165) is 47.4 Å². The first-order valence-electron chi connectivity index (χ1n) is 7.53. The number of nitrogens with zero attached hydrogens (tertiary/aromatic N) is 2. The molecule has 5 heteroatoms. The van der Waals surface area contributed by atoms with E-state index in [0.29, 0.717) is 6.42 Å². The Balaban J connectivity index is 1.92. The van der Waals surface area contributed by atoms with Gasteiger partial charge in [0.15, 0.2) is 0 Å². The van der Waals surface area contributed by atoms with Crippen molar-refractivity contribution in [3.8, 4) is 0 Å². The van der Waals surface area contributed by atoms with E-state index < -0.39 is 0 Å². The standard InChI is InChI=1S/C16H20N4O/c1-3-4-5-14-17-12-7-6-11(9-13(12)18-14)16-10(2)8-15(21)19-20-16/h6-7,9-10H,3-5,8H2,1-2H3,(H,17,18)(H,19,21). The van der Waals surface area contributed by atoms with Crippen molar-refractivity contribution in [2.24, 2.45) is 11.0 Å². The number of H-pyrrole nitrogens is 1. The van der Waals surface area contributed by atoms with Crippen molar-refractivity contribution in [2.45, 2.75) is 39.5 Å². The number of unbranched alkanes of at least 4 members (excludes halogenated alkanes) is 1. The van der Waals surface area contributed by atoms with Gasteiger partial charge < -0.3 is 4.98 Å². The topological polar surface area (TPSA) is 70.1 Å². The first-order valence-corrected chi connectivity index (χ1v) is 7.53. The number of hydrogen-bond acceptors (Lipinski definition) is 3. The number of imidazole rings is 1. The number of rotatable bonds is 4. The van der Waals surface area contributed by atoms with Crippen molar-refractivity contribution in [1.82, 2.24) is 15.4 Å². The Morgan fingerprint density at radius 1 is 1.38 bits per heavy atom. The lowest BCUT2D eigenvalue weighted by atomic mass is 9.94. The van der Waals surface area contributed by atoms with Crippen molar-refractivity contribution in [1.29, 1.82) is 0 Å². The van der Waals surface area contributed by atoms with E-state index in [1.807, 2.05) is 19.1 Å². The molecule has 1 aromatic carbocycles. The molecular weight excluding hydrogens is 264 g/mol. The largest absolute Gasteiger partial charge is 0.342 e. The molecule has 0 saturated heterocycles. The van der Waals surface area contributed by atoms with Gasteiger partial charge in [-0.05, 0) is 18.6 Å². The molecule has 1 aliphatic heterocycles. The van der Waals surface area contributed by atoms with Gasteiger partial charge in [-0.25, -0.2) is 10.4 Å². The molecule has 0 bridgehead atoms. The third-order valence-corrected chi connectivity index (χ3v) is 3.85. The zero-order chi connectivity index (χ0) is 14.8. The summed E-state index contributed by atoms with van der Waals surface area (Å²) in [5.74, 6) is 1.16. The molecule has 2 aromatic rings. The number of amides is 1. The average molecular weight is 284 g/mol. The number of aromatic amines is 1. The molecule has 21 heavy (non-hydrogen) atoms. The van der Waals surface area contributed by atoms with Crippen LogP contribution >= 0.6 is 0 Å². The van der Waals surface area contributed by atoms with Gasteiger partial charge in [0.2, 0.25) is 5.91 Å². The second kappa shape index (κ2) is 5.68. The number of aryl methyl sites for hydroxylation is 1. The van der Waals surface area contributed by atoms with Gasteiger partial charge in [-0.15, -0.1) is 0 Å². The Morgan fingerprint density at radius 3 is 3.00 bits per heavy atom. The van der Waals surface area contributed by atoms with Gasteiger partial charge in [-0.3, -0.25) is 4.79 Å². The Labute approximate surface area is 123 Å². The van der Waals surface area contributed by atoms with Crippen molar-refractivity contribution in [2.75, 3.05) is 0 Å². The minimum absolute atomic E-state index is 0.0179. The van der Waals surface area contributed by atoms with Gasteiger partial charge >= 0.3 is 0 Å². The first-order chi connectivity index (χ1) is 10.2. The van der Waals surface area contributed by atoms with E-state index in [4.69, 9.17) is 0 Å². The number of benzene rings is 1. The molecule has 110 valence electrons. The molecule has 1 amide bonds. The number of fused-ring (bicyclic) bond motifs is 1. The SMILES string of the molecule is CCCCc1nc2ccc(C3=NNC(=O)CC3C)cc2[nH]1. The van der Waals surface area contributed by atoms with Crippen LogP contribution in [0, 0.1) is 5.92 Å². The fourth-order valence-electron chi connectivity index (χ4n) is 2.69. The van der Waals surface area contributed by atoms with Crippen LogP contribution in [0.5, 0.6) is 0 Å². The minimum atomic E-state index is -0.0179. The molecule has 0 fully saturated rings. The van der Waals surface area contributed by atoms with Crippen LogP contribution in [0.1, 0.15) is 44.5 Å². The van der Waals surface area contributed by atoms with Crippen LogP contribution in [0.15, 0.2) is 23.3 Å². The summed E-state index contributed by atoms with van der Waals surface area (Å²) in [5.41, 5.74) is 6.56. The zero-order valence-electron chi connectivity index (χ0n) is 12.4. The molecule has 0 radical (unpaired) electrons. The summed E-state index contributed by atoms with van der Waals surface area (Å²) < 4.78 is 0. The molecule has 5 nitrogen and oxygen atoms in total. The van der Waals surface area contributed by atoms with Gasteiger partial charge in [0, 0.05) is 24.3 Å². The molecule has 1 aromatic heterocycles. The maximum absolute atomic E-state index is 11.3. The zero-order valence-corrected chi connectivity index (χ0v) is 12.4. The van der Waals surface area contributed by atoms with Crippen LogP contribution < -0.4 is 5.43 Å². The normalized spacial score (nSPS) is 18.7. The molecular formula is C16H20N4O. The second-order valence-corrected chi connectivity index (χ2v) is 5.66. The summed E-state index contributed by atoms with van der Waals surface area (Å²) in [5, 5.41) is 4.21. The molecule has 0 saturated carbocycles. The van der Waals surface area contributed by atoms with Crippen molar-refractivity contribution in [3.05, 3.63) is 29.6 Å². The summed E-state index contributed by atoms with van der Waals surface area (Å²) >= 11 is 0. The van der Waals surface area contributed by atoms with E-state index in [2.05, 4.69) is 33.5 Å². The lowest BCUT2D eigenvalue weighted by Gasteiger charge is -2.18. The number of hydrogen-bond donors (Lipinski definition) is 2. The summed E-state index contributed by atoms with van der Waals surface area (Å²) in [6.07, 6.45) is 3.77. The fourth-order valence-corrected chi connectivity index (χ4v) is 2.69. The Morgan fingerprint density at radius 2 is 2.24 bits per heavy atom. The number of aromatic nitrogens is 2. The van der Waals surface area contributed by atoms with Crippen molar-refractivity contribution < 1.29 is 4.79 Å². The van der Waals surface area contributed by atoms with E-state index >= 15 is 0 Å². The maximum Gasteiger partial charge on any atom is 0.240 e. The van der Waals surface area contributed by atoms with Crippen LogP contribution in [0.25, 0.3) is 11.0 Å². The highest BCUT2D eigenvalue weighted by Crippen LogP contribution is 2.20. The van der Waals surface area contributed by atoms with Crippen LogP contribution in [0.4, 0.5) is 0 Å². The lowest BCUT2D eigenvalue weighted by Crippen LogP contribution is -2.31. The lowest BCUT2D eigenvalue weighted by molar-refractivity contribution is -0.121. The van der Waals surface area contributed by atoms with Crippen molar-refractivity contribution in [3.63, 3.8) is 0 Å². The average Bonchev–Trinajstić information content (AvgIpc) is 2.87. The smallest absolute Gasteiger partial charge is 0.240 e. The van der Waals surface area contributed by atoms with Gasteiger partial charge in [0.05, 0.1) is 16.7 Å². The van der Waals surface area contributed by atoms with Gasteiger partial charge in [-0.1, -0.05) is 26.3 Å². The minimum Gasteiger partial charge on any atom is -0.342 e. The predicted octanol–water partition coefficient (Wildman–Crippen LogP) is 2.77. The summed E-state index contributed by atoms with van der Waals surface area (Å²) in [6.45, 7) is 4.21. The highest BCUT2D eigenvalue weighted by Gasteiger charge is 2.21. The van der Waals surface area contributed by atoms with E-state index in [9.17, 15) is 4.79 Å². The molecule has 2 N–H and O–H groups in total. The van der Waals surface area contributed by atoms with Crippen LogP contribution in [0.2, 0.25) is 0 Å². The number of carbonyl (C=O) groups is 1. The van der Waals surface area contributed by atoms with Crippen molar-refractivity contribution >= 4 is 22.7 Å². The van der Waals surface area contributed by atoms with E-state index in [1.54, 1.807) is 0 Å². The van der Waals surface area contributed by atoms with Gasteiger partial charge in [-0.2, -0.15) is 5.10 Å². The fraction of sp³-hybridized carbons (Fsp3) is 0.438. The monoisotopic (exact) mass is 284 g/mol. The third-order valence-electron chi connectivity index (χ3n) is 3.85. The molecule has 1 unspecified atom stereocenters. The number of nitrogens with one attached hydrogen (secondary N) is 2. The Kier molecular flexibility index (Phi) is 3.73. The predicted molar refractivity (Wildman–Crippen MR) is 83.2 cm³/mol. The third kappa shape index (κ3) is 2.82. The highest BCUT2D eigenvalue weighted by molar-refractivity contribution is 6.07. The van der Waals surface area contributed by atoms with Gasteiger partial charge in [0.25, 0.3) is 0 Å². The molecule has 0 aliphatic carbocycles. The molecule has 1 aliphatic rings. The van der Waals surface area contributed by atoms with Gasteiger partial charge in [0.1, 0.15) is 5.82 Å². The van der Waals surface area contributed by atoms with Crippen LogP contribution in [0.3, 0.4) is 0 Å². The summed E-state index contributed by atoms with van der Waals surface area (Å²) in [7, 11) is 0. The maximum atomic E-state index is 11.3. The van der Waals surface area contributed by atoms with Crippen LogP contribution in [-0.2, 0) is 11.2 Å². The quantitative estimate of drug-likeness (QED) is 0.906. The van der Waals surface area contributed by atoms with Crippen LogP contribution in [-0.4, -0.2) is 21.6 Å². The Hall–Kier alpha value is -2.17. The second-order valence-electron chi connectivity index (χ2n) is 5.66. The molecule has 1 atom stereocenters. The molecule has 2 heterocycles. The highest BCUT2D eigenvalue weighted by atomic mass is 16.2. The van der Waals surface area contributed by atoms with E-state index in [1.165, 1.54) is 0 Å². The van der Waals surface area contributed by atoms with E-state index in [-0.39, 0.29) is 11.8 Å².